The fourth-order valence-corrected chi connectivity index (χ4v) is 2.53. The lowest BCUT2D eigenvalue weighted by Crippen LogP contribution is -2.54. The molecule has 0 bridgehead atoms. The monoisotopic (exact) mass is 317 g/mol. The topological polar surface area (TPSA) is 69.7 Å². The van der Waals surface area contributed by atoms with E-state index in [1.165, 1.54) is 0 Å². The van der Waals surface area contributed by atoms with Gasteiger partial charge >= 0.3 is 0 Å². The van der Waals surface area contributed by atoms with Crippen LogP contribution in [-0.2, 0) is 14.4 Å². The fourth-order valence-electron chi connectivity index (χ4n) is 2.53. The van der Waals surface area contributed by atoms with E-state index in [2.05, 4.69) is 5.32 Å². The van der Waals surface area contributed by atoms with Crippen molar-refractivity contribution in [3.63, 3.8) is 0 Å². The molecule has 2 rings (SSSR count). The Morgan fingerprint density at radius 2 is 1.83 bits per heavy atom. The molecule has 1 fully saturated rings. The van der Waals surface area contributed by atoms with Gasteiger partial charge < -0.3 is 15.1 Å². The molecule has 6 nitrogen and oxygen atoms in total. The third kappa shape index (κ3) is 3.88. The molecule has 0 radical (unpaired) electrons. The number of amides is 3. The highest BCUT2D eigenvalue weighted by atomic mass is 16.2. The van der Waals surface area contributed by atoms with Crippen molar-refractivity contribution in [2.24, 2.45) is 5.41 Å². The number of nitrogens with zero attached hydrogens (tertiary/aromatic N) is 2. The summed E-state index contributed by atoms with van der Waals surface area (Å²) in [6.07, 6.45) is 0.789. The van der Waals surface area contributed by atoms with Gasteiger partial charge in [0.25, 0.3) is 0 Å². The van der Waals surface area contributed by atoms with Gasteiger partial charge in [-0.3, -0.25) is 14.4 Å². The summed E-state index contributed by atoms with van der Waals surface area (Å²) < 4.78 is 0. The highest BCUT2D eigenvalue weighted by Gasteiger charge is 2.40. The van der Waals surface area contributed by atoms with Gasteiger partial charge in [-0.25, -0.2) is 0 Å². The molecule has 0 saturated carbocycles. The Labute approximate surface area is 136 Å². The normalized spacial score (nSPS) is 15.3. The van der Waals surface area contributed by atoms with Crippen molar-refractivity contribution in [3.05, 3.63) is 29.8 Å². The van der Waals surface area contributed by atoms with Crippen LogP contribution in [0.2, 0.25) is 0 Å². The number of hydrogen-bond donors (Lipinski definition) is 1. The minimum absolute atomic E-state index is 0.215. The quantitative estimate of drug-likeness (QED) is 0.671. The Morgan fingerprint density at radius 3 is 2.39 bits per heavy atom. The number of benzene rings is 1. The van der Waals surface area contributed by atoms with E-state index in [-0.39, 0.29) is 11.8 Å². The second-order valence-corrected chi connectivity index (χ2v) is 6.38. The Bertz CT molecular complexity index is 605. The largest absolute Gasteiger partial charge is 0.342 e. The van der Waals surface area contributed by atoms with Crippen LogP contribution in [0.1, 0.15) is 19.4 Å². The molecule has 0 atom stereocenters. The molecule has 1 aromatic rings. The molecular weight excluding hydrogens is 294 g/mol. The van der Waals surface area contributed by atoms with E-state index in [0.717, 1.165) is 12.0 Å². The first kappa shape index (κ1) is 17.0. The molecule has 23 heavy (non-hydrogen) atoms. The number of carbonyl (C=O) groups excluding carboxylic acids is 3. The number of aryl methyl sites for hydroxylation is 1. The highest BCUT2D eigenvalue weighted by Crippen LogP contribution is 2.23. The SMILES string of the molecule is Cc1cccc(NC(=O)C(C)(C)C(=O)N2CCN(C=O)CC2)c1. The van der Waals surface area contributed by atoms with E-state index in [1.54, 1.807) is 29.7 Å². The van der Waals surface area contributed by atoms with Crippen LogP contribution in [0.15, 0.2) is 24.3 Å². The minimum atomic E-state index is -1.16. The third-order valence-electron chi connectivity index (χ3n) is 4.13. The van der Waals surface area contributed by atoms with Crippen molar-refractivity contribution < 1.29 is 14.4 Å². The maximum absolute atomic E-state index is 12.7. The van der Waals surface area contributed by atoms with Gasteiger partial charge in [-0.2, -0.15) is 0 Å². The van der Waals surface area contributed by atoms with Crippen LogP contribution in [0.3, 0.4) is 0 Å². The fraction of sp³-hybridized carbons (Fsp3) is 0.471. The van der Waals surface area contributed by atoms with Gasteiger partial charge in [0.15, 0.2) is 0 Å². The first-order chi connectivity index (χ1) is 10.8. The summed E-state index contributed by atoms with van der Waals surface area (Å²) in [5.41, 5.74) is 0.561. The molecule has 1 saturated heterocycles. The molecule has 0 aromatic heterocycles. The molecule has 1 aliphatic heterocycles. The number of rotatable bonds is 4. The van der Waals surface area contributed by atoms with E-state index in [1.807, 2.05) is 25.1 Å². The first-order valence-electron chi connectivity index (χ1n) is 7.71. The van der Waals surface area contributed by atoms with E-state index >= 15 is 0 Å². The molecule has 0 spiro atoms. The molecule has 1 heterocycles. The summed E-state index contributed by atoms with van der Waals surface area (Å²) in [4.78, 5) is 39.2. The maximum atomic E-state index is 12.7. The van der Waals surface area contributed by atoms with Crippen LogP contribution >= 0.6 is 0 Å². The van der Waals surface area contributed by atoms with Crippen LogP contribution in [-0.4, -0.2) is 54.2 Å². The molecule has 1 aliphatic rings. The zero-order chi connectivity index (χ0) is 17.0. The summed E-state index contributed by atoms with van der Waals surface area (Å²) in [6.45, 7) is 7.13. The second kappa shape index (κ2) is 6.81. The number of nitrogens with one attached hydrogen (secondary N) is 1. The Morgan fingerprint density at radius 1 is 1.17 bits per heavy atom. The second-order valence-electron chi connectivity index (χ2n) is 6.38. The minimum Gasteiger partial charge on any atom is -0.342 e. The molecule has 1 N–H and O–H groups in total. The predicted molar refractivity (Wildman–Crippen MR) is 87.8 cm³/mol. The van der Waals surface area contributed by atoms with E-state index in [9.17, 15) is 14.4 Å². The maximum Gasteiger partial charge on any atom is 0.239 e. The van der Waals surface area contributed by atoms with Crippen LogP contribution in [0.25, 0.3) is 0 Å². The molecule has 1 aromatic carbocycles. The van der Waals surface area contributed by atoms with Crippen molar-refractivity contribution in [2.75, 3.05) is 31.5 Å². The average molecular weight is 317 g/mol. The van der Waals surface area contributed by atoms with Gasteiger partial charge in [0.05, 0.1) is 0 Å². The zero-order valence-electron chi connectivity index (χ0n) is 13.8. The van der Waals surface area contributed by atoms with Crippen molar-refractivity contribution in [3.8, 4) is 0 Å². The van der Waals surface area contributed by atoms with Crippen LogP contribution < -0.4 is 5.32 Å². The van der Waals surface area contributed by atoms with E-state index < -0.39 is 5.41 Å². The third-order valence-corrected chi connectivity index (χ3v) is 4.13. The summed E-state index contributed by atoms with van der Waals surface area (Å²) in [5, 5.41) is 2.81. The van der Waals surface area contributed by atoms with Gasteiger partial charge in [0, 0.05) is 31.9 Å². The summed E-state index contributed by atoms with van der Waals surface area (Å²) in [7, 11) is 0. The van der Waals surface area contributed by atoms with Crippen molar-refractivity contribution >= 4 is 23.9 Å². The summed E-state index contributed by atoms with van der Waals surface area (Å²) in [5.74, 6) is -0.542. The lowest BCUT2D eigenvalue weighted by atomic mass is 9.89. The summed E-state index contributed by atoms with van der Waals surface area (Å²) in [6, 6.07) is 7.46. The Kier molecular flexibility index (Phi) is 5.03. The van der Waals surface area contributed by atoms with E-state index in [0.29, 0.717) is 31.9 Å². The summed E-state index contributed by atoms with van der Waals surface area (Å²) >= 11 is 0. The number of carbonyl (C=O) groups is 3. The highest BCUT2D eigenvalue weighted by molar-refractivity contribution is 6.09. The predicted octanol–water partition coefficient (Wildman–Crippen LogP) is 1.26. The van der Waals surface area contributed by atoms with Crippen molar-refractivity contribution in [1.29, 1.82) is 0 Å². The zero-order valence-corrected chi connectivity index (χ0v) is 13.8. The molecule has 124 valence electrons. The van der Waals surface area contributed by atoms with Crippen LogP contribution in [0.4, 0.5) is 5.69 Å². The first-order valence-corrected chi connectivity index (χ1v) is 7.71. The van der Waals surface area contributed by atoms with Gasteiger partial charge in [0.1, 0.15) is 5.41 Å². The van der Waals surface area contributed by atoms with Crippen LogP contribution in [0.5, 0.6) is 0 Å². The standard InChI is InChI=1S/C17H23N3O3/c1-13-5-4-6-14(11-13)18-15(22)17(2,3)16(23)20-9-7-19(12-21)8-10-20/h4-6,11-12H,7-10H2,1-3H3,(H,18,22). The molecular formula is C17H23N3O3. The average Bonchev–Trinajstić information content (AvgIpc) is 2.54. The smallest absolute Gasteiger partial charge is 0.239 e. The molecule has 6 heteroatoms. The van der Waals surface area contributed by atoms with Gasteiger partial charge in [-0.1, -0.05) is 12.1 Å². The van der Waals surface area contributed by atoms with E-state index in [4.69, 9.17) is 0 Å². The van der Waals surface area contributed by atoms with Gasteiger partial charge in [-0.15, -0.1) is 0 Å². The van der Waals surface area contributed by atoms with Crippen molar-refractivity contribution in [2.45, 2.75) is 20.8 Å². The Hall–Kier alpha value is -2.37. The number of hydrogen-bond acceptors (Lipinski definition) is 3. The molecule has 0 aliphatic carbocycles. The van der Waals surface area contributed by atoms with Crippen LogP contribution in [0, 0.1) is 12.3 Å². The number of piperazine rings is 1. The number of anilines is 1. The van der Waals surface area contributed by atoms with Gasteiger partial charge in [-0.05, 0) is 38.5 Å². The van der Waals surface area contributed by atoms with Gasteiger partial charge in [0.2, 0.25) is 18.2 Å². The molecule has 3 amide bonds. The van der Waals surface area contributed by atoms with Crippen molar-refractivity contribution in [1.82, 2.24) is 9.80 Å². The Balaban J connectivity index is 2.03. The molecule has 0 unspecified atom stereocenters. The lowest BCUT2D eigenvalue weighted by molar-refractivity contribution is -0.148. The lowest BCUT2D eigenvalue weighted by Gasteiger charge is -2.36.